The standard InChI is InChI=1S/C11H12O2.Na/c1-8(12)11(9(2)13)10-6-4-3-5-7-10;/h3-7,11H,1-2H3;/q;+1. The molecule has 2 nitrogen and oxygen atoms in total. The van der Waals surface area contributed by atoms with Crippen molar-refractivity contribution in [2.45, 2.75) is 19.8 Å². The van der Waals surface area contributed by atoms with Crippen molar-refractivity contribution in [1.29, 1.82) is 0 Å². The molecule has 0 saturated carbocycles. The van der Waals surface area contributed by atoms with Gasteiger partial charge in [-0.05, 0) is 19.4 Å². The molecule has 1 aromatic carbocycles. The van der Waals surface area contributed by atoms with Gasteiger partial charge in [0.15, 0.2) is 0 Å². The second-order valence-electron chi connectivity index (χ2n) is 3.06. The van der Waals surface area contributed by atoms with E-state index in [1.54, 1.807) is 12.1 Å². The molecule has 0 aliphatic carbocycles. The molecule has 0 radical (unpaired) electrons. The minimum absolute atomic E-state index is 0. The van der Waals surface area contributed by atoms with Gasteiger partial charge in [0.05, 0.1) is 0 Å². The van der Waals surface area contributed by atoms with Crippen LogP contribution in [-0.2, 0) is 9.59 Å². The molecule has 0 N–H and O–H groups in total. The molecule has 1 aromatic rings. The Bertz CT molecular complexity index is 305. The van der Waals surface area contributed by atoms with Gasteiger partial charge in [-0.3, -0.25) is 9.59 Å². The Hall–Kier alpha value is -0.440. The summed E-state index contributed by atoms with van der Waals surface area (Å²) in [5, 5.41) is 0. The van der Waals surface area contributed by atoms with Crippen LogP contribution in [0.5, 0.6) is 0 Å². The number of ketones is 2. The van der Waals surface area contributed by atoms with Gasteiger partial charge in [-0.25, -0.2) is 0 Å². The van der Waals surface area contributed by atoms with E-state index in [9.17, 15) is 9.59 Å². The number of carbonyl (C=O) groups is 2. The predicted molar refractivity (Wildman–Crippen MR) is 50.5 cm³/mol. The largest absolute Gasteiger partial charge is 1.00 e. The van der Waals surface area contributed by atoms with E-state index < -0.39 is 5.92 Å². The van der Waals surface area contributed by atoms with Gasteiger partial charge in [-0.15, -0.1) is 0 Å². The number of hydrogen-bond acceptors (Lipinski definition) is 2. The monoisotopic (exact) mass is 199 g/mol. The Kier molecular flexibility index (Phi) is 5.93. The number of rotatable bonds is 3. The van der Waals surface area contributed by atoms with Crippen molar-refractivity contribution in [2.75, 3.05) is 0 Å². The van der Waals surface area contributed by atoms with Crippen LogP contribution in [0.25, 0.3) is 0 Å². The van der Waals surface area contributed by atoms with Crippen LogP contribution in [0, 0.1) is 0 Å². The van der Waals surface area contributed by atoms with Crippen molar-refractivity contribution in [2.24, 2.45) is 0 Å². The fraction of sp³-hybridized carbons (Fsp3) is 0.273. The molecule has 0 heterocycles. The van der Waals surface area contributed by atoms with Crippen LogP contribution < -0.4 is 29.6 Å². The van der Waals surface area contributed by atoms with Crippen LogP contribution in [0.2, 0.25) is 0 Å². The van der Waals surface area contributed by atoms with Crippen molar-refractivity contribution in [3.63, 3.8) is 0 Å². The van der Waals surface area contributed by atoms with E-state index in [0.29, 0.717) is 0 Å². The topological polar surface area (TPSA) is 34.1 Å². The van der Waals surface area contributed by atoms with Crippen molar-refractivity contribution in [3.8, 4) is 0 Å². The maximum atomic E-state index is 11.2. The maximum Gasteiger partial charge on any atom is 1.00 e. The molecule has 14 heavy (non-hydrogen) atoms. The molecule has 0 unspecified atom stereocenters. The average Bonchev–Trinajstić information content (AvgIpc) is 2.04. The molecule has 0 amide bonds. The van der Waals surface area contributed by atoms with Crippen LogP contribution in [0.3, 0.4) is 0 Å². The van der Waals surface area contributed by atoms with Crippen molar-refractivity contribution in [3.05, 3.63) is 35.9 Å². The molecule has 0 saturated heterocycles. The molecule has 0 fully saturated rings. The molecule has 0 aromatic heterocycles. The Morgan fingerprint density at radius 3 is 1.79 bits per heavy atom. The third kappa shape index (κ3) is 3.37. The number of carbonyl (C=O) groups excluding carboxylic acids is 2. The van der Waals surface area contributed by atoms with Gasteiger partial charge in [-0.2, -0.15) is 0 Å². The normalized spacial score (nSPS) is 9.36. The maximum absolute atomic E-state index is 11.2. The number of Topliss-reactive ketones (excluding diaryl/α,β-unsaturated/α-hetero) is 2. The van der Waals surface area contributed by atoms with E-state index >= 15 is 0 Å². The van der Waals surface area contributed by atoms with Gasteiger partial charge < -0.3 is 0 Å². The van der Waals surface area contributed by atoms with Crippen molar-refractivity contribution < 1.29 is 39.1 Å². The quantitative estimate of drug-likeness (QED) is 0.460. The van der Waals surface area contributed by atoms with Gasteiger partial charge in [0.2, 0.25) is 0 Å². The molecular weight excluding hydrogens is 187 g/mol. The van der Waals surface area contributed by atoms with Crippen molar-refractivity contribution in [1.82, 2.24) is 0 Å². The summed E-state index contributed by atoms with van der Waals surface area (Å²) >= 11 is 0. The zero-order chi connectivity index (χ0) is 9.84. The number of hydrogen-bond donors (Lipinski definition) is 0. The molecular formula is C11H12NaO2+. The first-order valence-electron chi connectivity index (χ1n) is 4.18. The summed E-state index contributed by atoms with van der Waals surface area (Å²) in [6.07, 6.45) is 0. The summed E-state index contributed by atoms with van der Waals surface area (Å²) in [5.74, 6) is -0.779. The molecule has 68 valence electrons. The summed E-state index contributed by atoms with van der Waals surface area (Å²) in [7, 11) is 0. The molecule has 0 spiro atoms. The van der Waals surface area contributed by atoms with E-state index in [4.69, 9.17) is 0 Å². The summed E-state index contributed by atoms with van der Waals surface area (Å²) in [4.78, 5) is 22.3. The summed E-state index contributed by atoms with van der Waals surface area (Å²) in [5.41, 5.74) is 0.780. The molecule has 1 rings (SSSR count). The van der Waals surface area contributed by atoms with E-state index in [1.165, 1.54) is 13.8 Å². The molecule has 0 aliphatic heterocycles. The van der Waals surface area contributed by atoms with Gasteiger partial charge >= 0.3 is 29.6 Å². The van der Waals surface area contributed by atoms with E-state index in [2.05, 4.69) is 0 Å². The minimum atomic E-state index is -0.582. The average molecular weight is 199 g/mol. The Morgan fingerprint density at radius 1 is 1.00 bits per heavy atom. The first kappa shape index (κ1) is 13.6. The van der Waals surface area contributed by atoms with Gasteiger partial charge in [-0.1, -0.05) is 30.3 Å². The first-order chi connectivity index (χ1) is 6.13. The third-order valence-electron chi connectivity index (χ3n) is 1.95. The van der Waals surface area contributed by atoms with E-state index in [0.717, 1.165) is 5.56 Å². The fourth-order valence-electron chi connectivity index (χ4n) is 1.40. The van der Waals surface area contributed by atoms with E-state index in [1.807, 2.05) is 18.2 Å². The summed E-state index contributed by atoms with van der Waals surface area (Å²) < 4.78 is 0. The smallest absolute Gasteiger partial charge is 0.299 e. The zero-order valence-corrected chi connectivity index (χ0v) is 10.8. The van der Waals surface area contributed by atoms with Gasteiger partial charge in [0, 0.05) is 0 Å². The Labute approximate surface area is 106 Å². The third-order valence-corrected chi connectivity index (χ3v) is 1.95. The van der Waals surface area contributed by atoms with E-state index in [-0.39, 0.29) is 41.1 Å². The first-order valence-corrected chi connectivity index (χ1v) is 4.18. The van der Waals surface area contributed by atoms with Gasteiger partial charge in [0.1, 0.15) is 17.5 Å². The second-order valence-corrected chi connectivity index (χ2v) is 3.06. The van der Waals surface area contributed by atoms with Crippen LogP contribution in [0.15, 0.2) is 30.3 Å². The Balaban J connectivity index is 0.00000169. The Morgan fingerprint density at radius 2 is 1.43 bits per heavy atom. The van der Waals surface area contributed by atoms with Crippen LogP contribution in [0.1, 0.15) is 25.3 Å². The molecule has 0 bridgehead atoms. The van der Waals surface area contributed by atoms with Crippen LogP contribution in [-0.4, -0.2) is 11.6 Å². The summed E-state index contributed by atoms with van der Waals surface area (Å²) in [6.45, 7) is 2.89. The fourth-order valence-corrected chi connectivity index (χ4v) is 1.40. The molecule has 0 aliphatic rings. The second kappa shape index (κ2) is 6.12. The summed E-state index contributed by atoms with van der Waals surface area (Å²) in [6, 6.07) is 9.12. The number of benzene rings is 1. The SMILES string of the molecule is CC(=O)C(C(C)=O)c1ccccc1.[Na+]. The van der Waals surface area contributed by atoms with Crippen molar-refractivity contribution >= 4 is 11.6 Å². The zero-order valence-electron chi connectivity index (χ0n) is 8.78. The predicted octanol–water partition coefficient (Wildman–Crippen LogP) is -1.05. The molecule has 3 heteroatoms. The van der Waals surface area contributed by atoms with Gasteiger partial charge in [0.25, 0.3) is 0 Å². The molecule has 0 atom stereocenters. The van der Waals surface area contributed by atoms with Crippen LogP contribution >= 0.6 is 0 Å². The minimum Gasteiger partial charge on any atom is -0.299 e. The van der Waals surface area contributed by atoms with Crippen LogP contribution in [0.4, 0.5) is 0 Å².